The third kappa shape index (κ3) is 4.84. The second-order valence-electron chi connectivity index (χ2n) is 6.01. The van der Waals surface area contributed by atoms with E-state index >= 15 is 0 Å². The van der Waals surface area contributed by atoms with E-state index in [1.165, 1.54) is 18.3 Å². The summed E-state index contributed by atoms with van der Waals surface area (Å²) in [5.74, 6) is 0.295. The van der Waals surface area contributed by atoms with Gasteiger partial charge in [0.25, 0.3) is 5.91 Å². The van der Waals surface area contributed by atoms with Gasteiger partial charge in [0, 0.05) is 36.0 Å². The third-order valence-corrected chi connectivity index (χ3v) is 5.45. The number of carbonyl (C=O) groups excluding carboxylic acids is 1. The number of amides is 1. The average molecular weight is 513 g/mol. The first-order chi connectivity index (χ1) is 13.5. The van der Waals surface area contributed by atoms with Crippen molar-refractivity contribution >= 4 is 49.7 Å². The Morgan fingerprint density at radius 2 is 1.93 bits per heavy atom. The van der Waals surface area contributed by atoms with E-state index in [4.69, 9.17) is 9.47 Å². The van der Waals surface area contributed by atoms with Crippen LogP contribution in [0.5, 0.6) is 11.5 Å². The molecule has 1 amide bonds. The number of morpholine rings is 1. The Labute approximate surface area is 179 Å². The number of ether oxygens (including phenoxy) is 2. The minimum atomic E-state index is -0.401. The Morgan fingerprint density at radius 1 is 1.25 bits per heavy atom. The van der Waals surface area contributed by atoms with Crippen LogP contribution in [0.2, 0.25) is 0 Å². The van der Waals surface area contributed by atoms with Crippen molar-refractivity contribution in [3.8, 4) is 11.5 Å². The van der Waals surface area contributed by atoms with E-state index in [1.807, 2.05) is 18.2 Å². The fraction of sp³-hybridized carbons (Fsp3) is 0.263. The molecule has 1 heterocycles. The Morgan fingerprint density at radius 3 is 2.57 bits per heavy atom. The molecule has 1 aliphatic heterocycles. The summed E-state index contributed by atoms with van der Waals surface area (Å²) in [7, 11) is 1.60. The Kier molecular flexibility index (Phi) is 6.93. The highest BCUT2D eigenvalue weighted by Crippen LogP contribution is 2.33. The lowest BCUT2D eigenvalue weighted by Crippen LogP contribution is -2.36. The average Bonchev–Trinajstić information content (AvgIpc) is 2.72. The fourth-order valence-electron chi connectivity index (χ4n) is 2.75. The number of aromatic hydroxyl groups is 1. The van der Waals surface area contributed by atoms with Gasteiger partial charge in [-0.25, -0.2) is 5.43 Å². The van der Waals surface area contributed by atoms with Crippen molar-refractivity contribution in [1.29, 1.82) is 0 Å². The van der Waals surface area contributed by atoms with Crippen LogP contribution >= 0.6 is 31.9 Å². The van der Waals surface area contributed by atoms with Crippen molar-refractivity contribution in [3.63, 3.8) is 0 Å². The molecule has 0 aliphatic carbocycles. The van der Waals surface area contributed by atoms with Gasteiger partial charge in [-0.15, -0.1) is 0 Å². The molecular weight excluding hydrogens is 494 g/mol. The molecule has 0 atom stereocenters. The summed E-state index contributed by atoms with van der Waals surface area (Å²) in [6.45, 7) is 3.09. The van der Waals surface area contributed by atoms with Gasteiger partial charge in [0.1, 0.15) is 11.5 Å². The van der Waals surface area contributed by atoms with Gasteiger partial charge in [-0.1, -0.05) is 0 Å². The molecule has 0 aromatic heterocycles. The van der Waals surface area contributed by atoms with Crippen molar-refractivity contribution in [2.45, 2.75) is 0 Å². The first-order valence-corrected chi connectivity index (χ1v) is 10.1. The molecule has 0 bridgehead atoms. The van der Waals surface area contributed by atoms with Gasteiger partial charge in [-0.3, -0.25) is 4.79 Å². The molecule has 9 heteroatoms. The van der Waals surface area contributed by atoms with Crippen LogP contribution in [0.3, 0.4) is 0 Å². The fourth-order valence-corrected chi connectivity index (χ4v) is 3.93. The van der Waals surface area contributed by atoms with Gasteiger partial charge in [-0.05, 0) is 56.1 Å². The number of carbonyl (C=O) groups is 1. The molecule has 148 valence electrons. The van der Waals surface area contributed by atoms with Gasteiger partial charge in [-0.2, -0.15) is 5.10 Å². The van der Waals surface area contributed by atoms with E-state index in [9.17, 15) is 9.90 Å². The number of phenols is 1. The number of nitrogens with one attached hydrogen (secondary N) is 1. The van der Waals surface area contributed by atoms with Crippen molar-refractivity contribution in [2.75, 3.05) is 38.3 Å². The van der Waals surface area contributed by atoms with Crippen molar-refractivity contribution in [2.24, 2.45) is 5.10 Å². The van der Waals surface area contributed by atoms with Crippen LogP contribution in [-0.2, 0) is 4.74 Å². The number of methoxy groups -OCH3 is 1. The van der Waals surface area contributed by atoms with E-state index in [2.05, 4.69) is 47.3 Å². The Balaban J connectivity index is 1.70. The highest BCUT2D eigenvalue weighted by atomic mass is 79.9. The van der Waals surface area contributed by atoms with E-state index in [-0.39, 0.29) is 5.75 Å². The predicted octanol–water partition coefficient (Wildman–Crippen LogP) is 3.53. The summed E-state index contributed by atoms with van der Waals surface area (Å²) in [5.41, 5.74) is 4.62. The SMILES string of the molecule is COc1cc(N2CCOCC2)ccc1/C=N\NC(=O)c1cc(Br)c(O)c(Br)c1. The highest BCUT2D eigenvalue weighted by molar-refractivity contribution is 9.11. The molecule has 2 aromatic rings. The van der Waals surface area contributed by atoms with Crippen LogP contribution in [0.4, 0.5) is 5.69 Å². The number of hydrogen-bond donors (Lipinski definition) is 2. The zero-order valence-electron chi connectivity index (χ0n) is 15.1. The molecular formula is C19H19Br2N3O4. The van der Waals surface area contributed by atoms with Gasteiger partial charge < -0.3 is 19.5 Å². The lowest BCUT2D eigenvalue weighted by Gasteiger charge is -2.29. The summed E-state index contributed by atoms with van der Waals surface area (Å²) in [5, 5.41) is 13.8. The van der Waals surface area contributed by atoms with E-state index < -0.39 is 5.91 Å². The van der Waals surface area contributed by atoms with Crippen LogP contribution < -0.4 is 15.1 Å². The molecule has 0 unspecified atom stereocenters. The predicted molar refractivity (Wildman–Crippen MR) is 115 cm³/mol. The normalized spacial score (nSPS) is 14.3. The van der Waals surface area contributed by atoms with Gasteiger partial charge >= 0.3 is 0 Å². The molecule has 1 saturated heterocycles. The first kappa shape index (κ1) is 20.6. The lowest BCUT2D eigenvalue weighted by molar-refractivity contribution is 0.0955. The largest absolute Gasteiger partial charge is 0.506 e. The van der Waals surface area contributed by atoms with E-state index in [1.54, 1.807) is 7.11 Å². The summed E-state index contributed by atoms with van der Waals surface area (Å²) >= 11 is 6.40. The molecule has 3 rings (SSSR count). The topological polar surface area (TPSA) is 83.4 Å². The quantitative estimate of drug-likeness (QED) is 0.473. The molecule has 2 N–H and O–H groups in total. The van der Waals surface area contributed by atoms with Crippen LogP contribution in [-0.4, -0.2) is 50.6 Å². The summed E-state index contributed by atoms with van der Waals surface area (Å²) in [6.07, 6.45) is 1.53. The minimum absolute atomic E-state index is 0.0325. The van der Waals surface area contributed by atoms with Gasteiger partial charge in [0.15, 0.2) is 0 Å². The van der Waals surface area contributed by atoms with E-state index in [0.29, 0.717) is 33.5 Å². The first-order valence-electron chi connectivity index (χ1n) is 8.51. The molecule has 0 saturated carbocycles. The van der Waals surface area contributed by atoms with Crippen molar-refractivity contribution in [3.05, 3.63) is 50.4 Å². The van der Waals surface area contributed by atoms with Crippen LogP contribution in [0.15, 0.2) is 44.4 Å². The molecule has 0 spiro atoms. The number of hydrazone groups is 1. The standard InChI is InChI=1S/C19H19Br2N3O4/c1-27-17-10-14(24-4-6-28-7-5-24)3-2-12(17)11-22-23-19(26)13-8-15(20)18(25)16(21)9-13/h2-3,8-11,25H,4-7H2,1H3,(H,23,26)/b22-11-. The van der Waals surface area contributed by atoms with Crippen LogP contribution in [0, 0.1) is 0 Å². The van der Waals surface area contributed by atoms with Crippen molar-refractivity contribution < 1.29 is 19.4 Å². The number of hydrogen-bond acceptors (Lipinski definition) is 6. The monoisotopic (exact) mass is 511 g/mol. The number of phenolic OH excluding ortho intramolecular Hbond substituents is 1. The highest BCUT2D eigenvalue weighted by Gasteiger charge is 2.14. The van der Waals surface area contributed by atoms with Crippen molar-refractivity contribution in [1.82, 2.24) is 5.43 Å². The number of nitrogens with zero attached hydrogens (tertiary/aromatic N) is 2. The minimum Gasteiger partial charge on any atom is -0.506 e. The summed E-state index contributed by atoms with van der Waals surface area (Å²) in [6, 6.07) is 8.87. The maximum Gasteiger partial charge on any atom is 0.271 e. The van der Waals surface area contributed by atoms with Crippen LogP contribution in [0.25, 0.3) is 0 Å². The summed E-state index contributed by atoms with van der Waals surface area (Å²) in [4.78, 5) is 14.5. The summed E-state index contributed by atoms with van der Waals surface area (Å²) < 4.78 is 11.7. The number of halogens is 2. The Bertz CT molecular complexity index is 876. The molecule has 1 aliphatic rings. The van der Waals surface area contributed by atoms with Crippen LogP contribution in [0.1, 0.15) is 15.9 Å². The molecule has 28 heavy (non-hydrogen) atoms. The molecule has 0 radical (unpaired) electrons. The zero-order valence-corrected chi connectivity index (χ0v) is 18.3. The molecule has 1 fully saturated rings. The number of rotatable bonds is 5. The molecule has 2 aromatic carbocycles. The zero-order chi connectivity index (χ0) is 20.1. The van der Waals surface area contributed by atoms with Gasteiger partial charge in [0.05, 0.1) is 35.5 Å². The third-order valence-electron chi connectivity index (χ3n) is 4.24. The second kappa shape index (κ2) is 9.40. The smallest absolute Gasteiger partial charge is 0.271 e. The van der Waals surface area contributed by atoms with E-state index in [0.717, 1.165) is 24.3 Å². The molecule has 7 nitrogen and oxygen atoms in total. The second-order valence-corrected chi connectivity index (χ2v) is 7.72. The maximum atomic E-state index is 12.3. The lowest BCUT2D eigenvalue weighted by atomic mass is 10.1. The van der Waals surface area contributed by atoms with Gasteiger partial charge in [0.2, 0.25) is 0 Å². The Hall–Kier alpha value is -2.10. The number of anilines is 1. The number of benzene rings is 2. The maximum absolute atomic E-state index is 12.3.